The molecule has 1 unspecified atom stereocenters. The second-order valence-corrected chi connectivity index (χ2v) is 4.50. The van der Waals surface area contributed by atoms with E-state index >= 15 is 0 Å². The van der Waals surface area contributed by atoms with Crippen LogP contribution in [0.15, 0.2) is 29.1 Å². The molecule has 1 heterocycles. The van der Waals surface area contributed by atoms with Crippen LogP contribution in [0.25, 0.3) is 0 Å². The molecule has 2 aromatic rings. The number of carbonyl (C=O) groups is 1. The van der Waals surface area contributed by atoms with Crippen molar-refractivity contribution in [2.75, 3.05) is 5.32 Å². The van der Waals surface area contributed by atoms with Crippen molar-refractivity contribution in [1.82, 2.24) is 4.98 Å². The first-order valence-electron chi connectivity index (χ1n) is 5.25. The van der Waals surface area contributed by atoms with E-state index in [1.807, 2.05) is 12.3 Å². The normalized spacial score (nSPS) is 12.1. The van der Waals surface area contributed by atoms with Crippen molar-refractivity contribution in [2.24, 2.45) is 0 Å². The van der Waals surface area contributed by atoms with Gasteiger partial charge in [-0.2, -0.15) is 0 Å². The second-order valence-electron chi connectivity index (χ2n) is 3.78. The van der Waals surface area contributed by atoms with E-state index < -0.39 is 11.8 Å². The highest BCUT2D eigenvalue weighted by Gasteiger charge is 2.12. The van der Waals surface area contributed by atoms with E-state index in [1.54, 1.807) is 5.51 Å². The number of benzene rings is 1. The minimum atomic E-state index is -1.08. The molecule has 0 fully saturated rings. The number of aromatic carboxylic acids is 1. The number of thiazole rings is 1. The largest absolute Gasteiger partial charge is 0.478 e. The Morgan fingerprint density at radius 3 is 2.94 bits per heavy atom. The number of carboxylic acid groups (broad SMARTS) is 1. The monoisotopic (exact) mass is 266 g/mol. The molecule has 94 valence electrons. The highest BCUT2D eigenvalue weighted by Crippen LogP contribution is 2.22. The summed E-state index contributed by atoms with van der Waals surface area (Å²) in [4.78, 5) is 14.9. The molecule has 0 aliphatic heterocycles. The number of nitrogens with one attached hydrogen (secondary N) is 1. The second kappa shape index (κ2) is 5.14. The van der Waals surface area contributed by atoms with Gasteiger partial charge < -0.3 is 10.4 Å². The van der Waals surface area contributed by atoms with Gasteiger partial charge in [-0.3, -0.25) is 0 Å². The van der Waals surface area contributed by atoms with Crippen LogP contribution in [0.2, 0.25) is 0 Å². The Hall–Kier alpha value is -1.95. The minimum Gasteiger partial charge on any atom is -0.478 e. The third kappa shape index (κ3) is 2.65. The molecule has 2 N–H and O–H groups in total. The molecular weight excluding hydrogens is 255 g/mol. The Balaban J connectivity index is 2.23. The first-order chi connectivity index (χ1) is 8.58. The Labute approximate surface area is 107 Å². The molecule has 6 heteroatoms. The third-order valence-corrected chi connectivity index (χ3v) is 3.09. The predicted octanol–water partition coefficient (Wildman–Crippen LogP) is 3.15. The van der Waals surface area contributed by atoms with Crippen molar-refractivity contribution in [1.29, 1.82) is 0 Å². The number of carboxylic acids is 1. The number of hydrogen-bond acceptors (Lipinski definition) is 4. The first-order valence-corrected chi connectivity index (χ1v) is 6.19. The van der Waals surface area contributed by atoms with Crippen molar-refractivity contribution in [2.45, 2.75) is 13.0 Å². The van der Waals surface area contributed by atoms with Gasteiger partial charge in [0.05, 0.1) is 28.5 Å². The maximum Gasteiger partial charge on any atom is 0.335 e. The number of nitrogens with zero attached hydrogens (tertiary/aromatic N) is 1. The van der Waals surface area contributed by atoms with Crippen LogP contribution in [0.4, 0.5) is 10.1 Å². The van der Waals surface area contributed by atoms with Crippen LogP contribution in [0, 0.1) is 5.82 Å². The molecule has 1 aromatic heterocycles. The van der Waals surface area contributed by atoms with Gasteiger partial charge in [-0.25, -0.2) is 14.2 Å². The van der Waals surface area contributed by atoms with Crippen LogP contribution in [0.1, 0.15) is 29.0 Å². The summed E-state index contributed by atoms with van der Waals surface area (Å²) >= 11 is 1.45. The molecule has 4 nitrogen and oxygen atoms in total. The molecule has 0 spiro atoms. The average Bonchev–Trinajstić information content (AvgIpc) is 2.85. The van der Waals surface area contributed by atoms with Gasteiger partial charge >= 0.3 is 5.97 Å². The lowest BCUT2D eigenvalue weighted by Gasteiger charge is -2.14. The SMILES string of the molecule is CC(Nc1cc(C(=O)O)ccc1F)c1cscn1. The molecule has 0 saturated carbocycles. The van der Waals surface area contributed by atoms with Gasteiger partial charge in [0, 0.05) is 5.38 Å². The molecule has 0 radical (unpaired) electrons. The topological polar surface area (TPSA) is 62.2 Å². The Morgan fingerprint density at radius 2 is 2.33 bits per heavy atom. The summed E-state index contributed by atoms with van der Waals surface area (Å²) in [5.41, 5.74) is 2.69. The zero-order chi connectivity index (χ0) is 13.1. The van der Waals surface area contributed by atoms with Crippen LogP contribution >= 0.6 is 11.3 Å². The summed E-state index contributed by atoms with van der Waals surface area (Å²) in [7, 11) is 0. The van der Waals surface area contributed by atoms with Gasteiger partial charge in [0.15, 0.2) is 0 Å². The quantitative estimate of drug-likeness (QED) is 0.892. The van der Waals surface area contributed by atoms with Gasteiger partial charge in [-0.15, -0.1) is 11.3 Å². The van der Waals surface area contributed by atoms with Crippen LogP contribution in [-0.4, -0.2) is 16.1 Å². The van der Waals surface area contributed by atoms with Gasteiger partial charge in [0.1, 0.15) is 5.82 Å². The van der Waals surface area contributed by atoms with E-state index in [4.69, 9.17) is 5.11 Å². The fraction of sp³-hybridized carbons (Fsp3) is 0.167. The molecule has 2 rings (SSSR count). The zero-order valence-electron chi connectivity index (χ0n) is 9.55. The summed E-state index contributed by atoms with van der Waals surface area (Å²) in [6.45, 7) is 1.84. The van der Waals surface area contributed by atoms with Gasteiger partial charge in [0.25, 0.3) is 0 Å². The first kappa shape index (κ1) is 12.5. The van der Waals surface area contributed by atoms with Crippen molar-refractivity contribution in [3.8, 4) is 0 Å². The number of hydrogen-bond donors (Lipinski definition) is 2. The van der Waals surface area contributed by atoms with E-state index in [-0.39, 0.29) is 17.3 Å². The molecule has 0 amide bonds. The number of rotatable bonds is 4. The molecule has 0 saturated heterocycles. The van der Waals surface area contributed by atoms with E-state index in [9.17, 15) is 9.18 Å². The van der Waals surface area contributed by atoms with Gasteiger partial charge in [-0.05, 0) is 25.1 Å². The molecule has 1 aromatic carbocycles. The predicted molar refractivity (Wildman–Crippen MR) is 67.5 cm³/mol. The Bertz CT molecular complexity index is 557. The van der Waals surface area contributed by atoms with E-state index in [0.29, 0.717) is 0 Å². The van der Waals surface area contributed by atoms with Crippen molar-refractivity contribution < 1.29 is 14.3 Å². The fourth-order valence-electron chi connectivity index (χ4n) is 1.51. The lowest BCUT2D eigenvalue weighted by atomic mass is 10.1. The number of halogens is 1. The smallest absolute Gasteiger partial charge is 0.335 e. The van der Waals surface area contributed by atoms with Crippen LogP contribution in [0.5, 0.6) is 0 Å². The van der Waals surface area contributed by atoms with Crippen molar-refractivity contribution in [3.05, 3.63) is 46.2 Å². The number of anilines is 1. The van der Waals surface area contributed by atoms with E-state index in [2.05, 4.69) is 10.3 Å². The standard InChI is InChI=1S/C12H11FN2O2S/c1-7(11-5-18-6-14-11)15-10-4-8(12(16)17)2-3-9(10)13/h2-7,15H,1H3,(H,16,17). The molecule has 0 aliphatic carbocycles. The summed E-state index contributed by atoms with van der Waals surface area (Å²) in [5.74, 6) is -1.57. The van der Waals surface area contributed by atoms with Crippen LogP contribution in [0.3, 0.4) is 0 Å². The highest BCUT2D eigenvalue weighted by atomic mass is 32.1. The summed E-state index contributed by atoms with van der Waals surface area (Å²) in [6.07, 6.45) is 0. The lowest BCUT2D eigenvalue weighted by Crippen LogP contribution is -2.09. The van der Waals surface area contributed by atoms with E-state index in [1.165, 1.54) is 23.5 Å². The molecular formula is C12H11FN2O2S. The average molecular weight is 266 g/mol. The molecule has 1 atom stereocenters. The van der Waals surface area contributed by atoms with Gasteiger partial charge in [-0.1, -0.05) is 0 Å². The van der Waals surface area contributed by atoms with Crippen molar-refractivity contribution in [3.63, 3.8) is 0 Å². The van der Waals surface area contributed by atoms with Crippen LogP contribution in [-0.2, 0) is 0 Å². The Kier molecular flexibility index (Phi) is 3.57. The fourth-order valence-corrected chi connectivity index (χ4v) is 2.16. The molecule has 0 bridgehead atoms. The Morgan fingerprint density at radius 1 is 1.56 bits per heavy atom. The summed E-state index contributed by atoms with van der Waals surface area (Å²) < 4.78 is 13.6. The van der Waals surface area contributed by atoms with E-state index in [0.717, 1.165) is 11.8 Å². The number of aromatic nitrogens is 1. The van der Waals surface area contributed by atoms with Gasteiger partial charge in [0.2, 0.25) is 0 Å². The maximum atomic E-state index is 13.6. The summed E-state index contributed by atoms with van der Waals surface area (Å²) in [6, 6.07) is 3.46. The zero-order valence-corrected chi connectivity index (χ0v) is 10.4. The summed E-state index contributed by atoms with van der Waals surface area (Å²) in [5, 5.41) is 13.6. The van der Waals surface area contributed by atoms with Crippen LogP contribution < -0.4 is 5.32 Å². The third-order valence-electron chi connectivity index (χ3n) is 2.48. The maximum absolute atomic E-state index is 13.6. The lowest BCUT2D eigenvalue weighted by molar-refractivity contribution is 0.0697. The highest BCUT2D eigenvalue weighted by molar-refractivity contribution is 7.07. The minimum absolute atomic E-state index is 0.0457. The molecule has 0 aliphatic rings. The van der Waals surface area contributed by atoms with Crippen molar-refractivity contribution >= 4 is 23.0 Å². The molecule has 18 heavy (non-hydrogen) atoms.